The van der Waals surface area contributed by atoms with E-state index in [1.807, 2.05) is 4.90 Å². The van der Waals surface area contributed by atoms with Crippen LogP contribution in [0.3, 0.4) is 0 Å². The number of likely N-dealkylation sites (tertiary alicyclic amines) is 1. The summed E-state index contributed by atoms with van der Waals surface area (Å²) < 4.78 is 0. The standard InChI is InChI=1S/C17H24ClN3O2/c1-12-6-4-5-9-21(12)17(23)14-8-7-13(10-15(14)18)19-11-16(22)20(2)3/h7-8,10,12,19H,4-6,9,11H2,1-3H3/t12-/m1/s1. The van der Waals surface area contributed by atoms with Gasteiger partial charge >= 0.3 is 0 Å². The minimum Gasteiger partial charge on any atom is -0.376 e. The van der Waals surface area contributed by atoms with Crippen LogP contribution in [0.15, 0.2) is 18.2 Å². The first-order valence-electron chi connectivity index (χ1n) is 7.94. The lowest BCUT2D eigenvalue weighted by Crippen LogP contribution is -2.42. The van der Waals surface area contributed by atoms with Gasteiger partial charge in [0.25, 0.3) is 5.91 Å². The smallest absolute Gasteiger partial charge is 0.255 e. The summed E-state index contributed by atoms with van der Waals surface area (Å²) in [6, 6.07) is 5.47. The molecule has 6 heteroatoms. The summed E-state index contributed by atoms with van der Waals surface area (Å²) >= 11 is 6.29. The lowest BCUT2D eigenvalue weighted by molar-refractivity contribution is -0.126. The number of nitrogens with zero attached hydrogens (tertiary/aromatic N) is 2. The molecular weight excluding hydrogens is 314 g/mol. The third kappa shape index (κ3) is 4.38. The largest absolute Gasteiger partial charge is 0.376 e. The second-order valence-electron chi connectivity index (χ2n) is 6.18. The van der Waals surface area contributed by atoms with Crippen LogP contribution in [0.1, 0.15) is 36.5 Å². The van der Waals surface area contributed by atoms with Crippen molar-refractivity contribution in [1.82, 2.24) is 9.80 Å². The van der Waals surface area contributed by atoms with Crippen molar-refractivity contribution in [2.75, 3.05) is 32.5 Å². The van der Waals surface area contributed by atoms with Crippen molar-refractivity contribution in [2.45, 2.75) is 32.2 Å². The van der Waals surface area contributed by atoms with Crippen molar-refractivity contribution in [3.8, 4) is 0 Å². The molecule has 0 aliphatic carbocycles. The van der Waals surface area contributed by atoms with Gasteiger partial charge in [-0.2, -0.15) is 0 Å². The molecule has 5 nitrogen and oxygen atoms in total. The summed E-state index contributed by atoms with van der Waals surface area (Å²) in [4.78, 5) is 27.7. The molecule has 2 rings (SSSR count). The highest BCUT2D eigenvalue weighted by molar-refractivity contribution is 6.34. The molecule has 0 bridgehead atoms. The zero-order chi connectivity index (χ0) is 17.0. The minimum atomic E-state index is -0.0246. The first kappa shape index (κ1) is 17.6. The fourth-order valence-corrected chi connectivity index (χ4v) is 2.95. The van der Waals surface area contributed by atoms with Gasteiger partial charge in [-0.3, -0.25) is 9.59 Å². The Kier molecular flexibility index (Phi) is 5.88. The molecule has 23 heavy (non-hydrogen) atoms. The van der Waals surface area contributed by atoms with Gasteiger partial charge in [0.1, 0.15) is 0 Å². The van der Waals surface area contributed by atoms with Crippen molar-refractivity contribution >= 4 is 29.1 Å². The molecule has 1 aromatic carbocycles. The second-order valence-corrected chi connectivity index (χ2v) is 6.59. The van der Waals surface area contributed by atoms with E-state index in [0.29, 0.717) is 10.6 Å². The maximum Gasteiger partial charge on any atom is 0.255 e. The number of hydrogen-bond acceptors (Lipinski definition) is 3. The van der Waals surface area contributed by atoms with E-state index >= 15 is 0 Å². The summed E-state index contributed by atoms with van der Waals surface area (Å²) in [5, 5.41) is 3.43. The fraction of sp³-hybridized carbons (Fsp3) is 0.529. The number of benzene rings is 1. The van der Waals surface area contributed by atoms with E-state index in [4.69, 9.17) is 11.6 Å². The van der Waals surface area contributed by atoms with Gasteiger partial charge in [-0.25, -0.2) is 0 Å². The molecule has 1 aromatic rings. The predicted octanol–water partition coefficient (Wildman–Crippen LogP) is 2.85. The molecule has 1 atom stereocenters. The van der Waals surface area contributed by atoms with Crippen LogP contribution in [0.2, 0.25) is 5.02 Å². The fourth-order valence-electron chi connectivity index (χ4n) is 2.69. The zero-order valence-corrected chi connectivity index (χ0v) is 14.7. The average molecular weight is 338 g/mol. The molecule has 1 aliphatic rings. The summed E-state index contributed by atoms with van der Waals surface area (Å²) in [5.41, 5.74) is 1.25. The van der Waals surface area contributed by atoms with Crippen molar-refractivity contribution in [1.29, 1.82) is 0 Å². The molecule has 2 amide bonds. The van der Waals surface area contributed by atoms with E-state index in [9.17, 15) is 9.59 Å². The quantitative estimate of drug-likeness (QED) is 0.919. The Bertz CT molecular complexity index is 589. The maximum atomic E-state index is 12.7. The Morgan fingerprint density at radius 3 is 2.70 bits per heavy atom. The van der Waals surface area contributed by atoms with Gasteiger partial charge in [0.15, 0.2) is 0 Å². The number of carbonyl (C=O) groups excluding carboxylic acids is 2. The summed E-state index contributed by atoms with van der Waals surface area (Å²) in [7, 11) is 3.41. The molecule has 0 saturated carbocycles. The van der Waals surface area contributed by atoms with E-state index in [0.717, 1.165) is 25.1 Å². The normalized spacial score (nSPS) is 17.7. The molecule has 1 N–H and O–H groups in total. The van der Waals surface area contributed by atoms with E-state index in [1.54, 1.807) is 32.3 Å². The number of halogens is 1. The van der Waals surface area contributed by atoms with Crippen molar-refractivity contribution < 1.29 is 9.59 Å². The van der Waals surface area contributed by atoms with Gasteiger partial charge < -0.3 is 15.1 Å². The Labute approximate surface area is 142 Å². The van der Waals surface area contributed by atoms with Gasteiger partial charge in [0, 0.05) is 32.4 Å². The van der Waals surface area contributed by atoms with E-state index in [-0.39, 0.29) is 24.4 Å². The Morgan fingerprint density at radius 2 is 2.09 bits per heavy atom. The highest BCUT2D eigenvalue weighted by Gasteiger charge is 2.25. The number of piperidine rings is 1. The number of anilines is 1. The third-order valence-electron chi connectivity index (χ3n) is 4.21. The average Bonchev–Trinajstić information content (AvgIpc) is 2.52. The van der Waals surface area contributed by atoms with Crippen LogP contribution in [-0.4, -0.2) is 54.8 Å². The molecule has 1 heterocycles. The second kappa shape index (κ2) is 7.68. The lowest BCUT2D eigenvalue weighted by atomic mass is 10.0. The number of carbonyl (C=O) groups is 2. The molecule has 1 fully saturated rings. The summed E-state index contributed by atoms with van der Waals surface area (Å²) in [6.07, 6.45) is 3.25. The highest BCUT2D eigenvalue weighted by atomic mass is 35.5. The number of amides is 2. The van der Waals surface area contributed by atoms with Gasteiger partial charge in [-0.15, -0.1) is 0 Å². The summed E-state index contributed by atoms with van der Waals surface area (Å²) in [6.45, 7) is 3.06. The third-order valence-corrected chi connectivity index (χ3v) is 4.52. The highest BCUT2D eigenvalue weighted by Crippen LogP contribution is 2.25. The first-order valence-corrected chi connectivity index (χ1v) is 8.32. The van der Waals surface area contributed by atoms with Crippen LogP contribution in [-0.2, 0) is 4.79 Å². The van der Waals surface area contributed by atoms with Gasteiger partial charge in [0.2, 0.25) is 5.91 Å². The van der Waals surface area contributed by atoms with Crippen molar-refractivity contribution in [3.63, 3.8) is 0 Å². The lowest BCUT2D eigenvalue weighted by Gasteiger charge is -2.33. The topological polar surface area (TPSA) is 52.7 Å². The van der Waals surface area contributed by atoms with Gasteiger partial charge in [0.05, 0.1) is 17.1 Å². The number of nitrogens with one attached hydrogen (secondary N) is 1. The number of hydrogen-bond donors (Lipinski definition) is 1. The number of likely N-dealkylation sites (N-methyl/N-ethyl adjacent to an activating group) is 1. The molecular formula is C17H24ClN3O2. The molecule has 1 saturated heterocycles. The van der Waals surface area contributed by atoms with Crippen LogP contribution in [0.4, 0.5) is 5.69 Å². The maximum absolute atomic E-state index is 12.7. The zero-order valence-electron chi connectivity index (χ0n) is 13.9. The van der Waals surface area contributed by atoms with Crippen LogP contribution in [0.25, 0.3) is 0 Å². The molecule has 126 valence electrons. The van der Waals surface area contributed by atoms with Crippen molar-refractivity contribution in [2.24, 2.45) is 0 Å². The van der Waals surface area contributed by atoms with Crippen molar-refractivity contribution in [3.05, 3.63) is 28.8 Å². The molecule has 1 aliphatic heterocycles. The Balaban J connectivity index is 2.06. The van der Waals surface area contributed by atoms with E-state index < -0.39 is 0 Å². The van der Waals surface area contributed by atoms with Crippen LogP contribution in [0.5, 0.6) is 0 Å². The first-order chi connectivity index (χ1) is 10.9. The Morgan fingerprint density at radius 1 is 1.35 bits per heavy atom. The molecule has 0 spiro atoms. The number of rotatable bonds is 4. The van der Waals surface area contributed by atoms with Crippen LogP contribution >= 0.6 is 11.6 Å². The van der Waals surface area contributed by atoms with E-state index in [1.165, 1.54) is 11.3 Å². The monoisotopic (exact) mass is 337 g/mol. The van der Waals surface area contributed by atoms with Crippen LogP contribution < -0.4 is 5.32 Å². The van der Waals surface area contributed by atoms with Gasteiger partial charge in [-0.05, 0) is 44.4 Å². The summed E-state index contributed by atoms with van der Waals surface area (Å²) in [5.74, 6) is -0.0402. The molecule has 0 radical (unpaired) electrons. The Hall–Kier alpha value is -1.75. The SMILES string of the molecule is C[C@@H]1CCCCN1C(=O)c1ccc(NCC(=O)N(C)C)cc1Cl. The van der Waals surface area contributed by atoms with Gasteiger partial charge in [-0.1, -0.05) is 11.6 Å². The predicted molar refractivity (Wildman–Crippen MR) is 93.0 cm³/mol. The molecule has 0 unspecified atom stereocenters. The molecule has 0 aromatic heterocycles. The van der Waals surface area contributed by atoms with Crippen LogP contribution in [0, 0.1) is 0 Å². The van der Waals surface area contributed by atoms with E-state index in [2.05, 4.69) is 12.2 Å². The minimum absolute atomic E-state index is 0.0156.